The first-order chi connectivity index (χ1) is 9.33. The number of benzene rings is 1. The fourth-order valence-electron chi connectivity index (χ4n) is 2.53. The maximum atomic E-state index is 9.17. The third-order valence-corrected chi connectivity index (χ3v) is 3.94. The molecule has 98 valence electrons. The van der Waals surface area contributed by atoms with E-state index in [2.05, 4.69) is 15.6 Å². The summed E-state index contributed by atoms with van der Waals surface area (Å²) in [6, 6.07) is 8.03. The summed E-state index contributed by atoms with van der Waals surface area (Å²) >= 11 is 5.87. The zero-order chi connectivity index (χ0) is 13.2. The summed E-state index contributed by atoms with van der Waals surface area (Å²) in [5.74, 6) is 2.46. The molecule has 1 aromatic heterocycles. The highest BCUT2D eigenvalue weighted by molar-refractivity contribution is 6.17. The lowest BCUT2D eigenvalue weighted by atomic mass is 10.2. The Bertz CT molecular complexity index is 635. The third-order valence-electron chi connectivity index (χ3n) is 3.75. The van der Waals surface area contributed by atoms with Crippen LogP contribution in [0.1, 0.15) is 30.7 Å². The summed E-state index contributed by atoms with van der Waals surface area (Å²) in [5, 5.41) is 9.17. The van der Waals surface area contributed by atoms with Crippen molar-refractivity contribution in [3.05, 3.63) is 29.6 Å². The molecule has 0 bridgehead atoms. The maximum absolute atomic E-state index is 9.17. The van der Waals surface area contributed by atoms with Gasteiger partial charge in [-0.2, -0.15) is 5.26 Å². The Morgan fingerprint density at radius 3 is 2.95 bits per heavy atom. The standard InChI is InChI=1S/C15H16ClN3/c16-8-6-14-18-15-12(10-17)2-1-3-13(15)19(14)9-7-11-4-5-11/h1-3,11H,4-9H2. The van der Waals surface area contributed by atoms with Crippen LogP contribution in [0.25, 0.3) is 11.0 Å². The molecule has 0 N–H and O–H groups in total. The summed E-state index contributed by atoms with van der Waals surface area (Å²) in [6.07, 6.45) is 4.69. The van der Waals surface area contributed by atoms with Crippen molar-refractivity contribution < 1.29 is 0 Å². The Labute approximate surface area is 117 Å². The number of fused-ring (bicyclic) bond motifs is 1. The highest BCUT2D eigenvalue weighted by Gasteiger charge is 2.22. The van der Waals surface area contributed by atoms with E-state index in [-0.39, 0.29) is 0 Å². The van der Waals surface area contributed by atoms with E-state index in [0.29, 0.717) is 11.4 Å². The van der Waals surface area contributed by atoms with Crippen LogP contribution >= 0.6 is 11.6 Å². The van der Waals surface area contributed by atoms with Crippen LogP contribution in [0.4, 0.5) is 0 Å². The molecule has 1 saturated carbocycles. The highest BCUT2D eigenvalue weighted by atomic mass is 35.5. The molecule has 0 atom stereocenters. The van der Waals surface area contributed by atoms with E-state index < -0.39 is 0 Å². The predicted molar refractivity (Wildman–Crippen MR) is 76.2 cm³/mol. The van der Waals surface area contributed by atoms with Gasteiger partial charge in [-0.1, -0.05) is 18.9 Å². The van der Waals surface area contributed by atoms with Crippen molar-refractivity contribution >= 4 is 22.6 Å². The molecule has 19 heavy (non-hydrogen) atoms. The van der Waals surface area contributed by atoms with E-state index in [1.807, 2.05) is 18.2 Å². The van der Waals surface area contributed by atoms with Crippen LogP contribution < -0.4 is 0 Å². The molecule has 2 aromatic rings. The van der Waals surface area contributed by atoms with Crippen molar-refractivity contribution in [2.75, 3.05) is 5.88 Å². The van der Waals surface area contributed by atoms with Crippen LogP contribution in [0.2, 0.25) is 0 Å². The molecule has 1 aliphatic carbocycles. The number of rotatable bonds is 5. The molecule has 1 heterocycles. The average Bonchev–Trinajstić information content (AvgIpc) is 3.18. The molecule has 3 nitrogen and oxygen atoms in total. The minimum Gasteiger partial charge on any atom is -0.328 e. The topological polar surface area (TPSA) is 41.6 Å². The molecule has 0 spiro atoms. The number of aryl methyl sites for hydroxylation is 2. The van der Waals surface area contributed by atoms with E-state index >= 15 is 0 Å². The van der Waals surface area contributed by atoms with Gasteiger partial charge in [0.25, 0.3) is 0 Å². The SMILES string of the molecule is N#Cc1cccc2c1nc(CCCl)n2CCC1CC1. The second-order valence-corrected chi connectivity index (χ2v) is 5.51. The molecule has 0 radical (unpaired) electrons. The number of para-hydroxylation sites is 1. The summed E-state index contributed by atoms with van der Waals surface area (Å²) in [6.45, 7) is 0.988. The van der Waals surface area contributed by atoms with Crippen LogP contribution in [0.3, 0.4) is 0 Å². The largest absolute Gasteiger partial charge is 0.328 e. The number of imidazole rings is 1. The normalized spacial score (nSPS) is 14.7. The Morgan fingerprint density at radius 2 is 2.26 bits per heavy atom. The lowest BCUT2D eigenvalue weighted by molar-refractivity contribution is 0.588. The van der Waals surface area contributed by atoms with Gasteiger partial charge >= 0.3 is 0 Å². The van der Waals surface area contributed by atoms with E-state index in [1.54, 1.807) is 0 Å². The van der Waals surface area contributed by atoms with Gasteiger partial charge in [0, 0.05) is 18.8 Å². The van der Waals surface area contributed by atoms with Gasteiger partial charge in [-0.3, -0.25) is 0 Å². The van der Waals surface area contributed by atoms with E-state index in [4.69, 9.17) is 16.9 Å². The number of hydrogen-bond acceptors (Lipinski definition) is 2. The molecule has 1 fully saturated rings. The molecule has 3 rings (SSSR count). The molecular weight excluding hydrogens is 258 g/mol. The van der Waals surface area contributed by atoms with Crippen molar-refractivity contribution in [1.82, 2.24) is 9.55 Å². The van der Waals surface area contributed by atoms with E-state index in [9.17, 15) is 0 Å². The molecular formula is C15H16ClN3. The van der Waals surface area contributed by atoms with Crippen LogP contribution in [-0.2, 0) is 13.0 Å². The fraction of sp³-hybridized carbons (Fsp3) is 0.467. The van der Waals surface area contributed by atoms with Crippen molar-refractivity contribution in [3.63, 3.8) is 0 Å². The van der Waals surface area contributed by atoms with Gasteiger partial charge in [0.2, 0.25) is 0 Å². The smallest absolute Gasteiger partial charge is 0.111 e. The summed E-state index contributed by atoms with van der Waals surface area (Å²) in [4.78, 5) is 4.63. The van der Waals surface area contributed by atoms with Gasteiger partial charge in [0.05, 0.1) is 11.1 Å². The first-order valence-corrected chi connectivity index (χ1v) is 7.31. The fourth-order valence-corrected chi connectivity index (χ4v) is 2.70. The number of aromatic nitrogens is 2. The van der Waals surface area contributed by atoms with Gasteiger partial charge < -0.3 is 4.57 Å². The van der Waals surface area contributed by atoms with Crippen molar-refractivity contribution in [2.24, 2.45) is 5.92 Å². The van der Waals surface area contributed by atoms with Crippen molar-refractivity contribution in [1.29, 1.82) is 5.26 Å². The van der Waals surface area contributed by atoms with Gasteiger partial charge in [0.1, 0.15) is 17.4 Å². The zero-order valence-corrected chi connectivity index (χ0v) is 11.5. The van der Waals surface area contributed by atoms with E-state index in [0.717, 1.165) is 35.7 Å². The predicted octanol–water partition coefficient (Wildman–Crippen LogP) is 3.49. The number of alkyl halides is 1. The van der Waals surface area contributed by atoms with E-state index in [1.165, 1.54) is 19.3 Å². The molecule has 0 aliphatic heterocycles. The summed E-state index contributed by atoms with van der Waals surface area (Å²) in [5.41, 5.74) is 2.54. The van der Waals surface area contributed by atoms with Crippen LogP contribution in [-0.4, -0.2) is 15.4 Å². The Hall–Kier alpha value is -1.53. The monoisotopic (exact) mass is 273 g/mol. The molecule has 0 unspecified atom stereocenters. The number of halogens is 1. The zero-order valence-electron chi connectivity index (χ0n) is 10.8. The number of hydrogen-bond donors (Lipinski definition) is 0. The quantitative estimate of drug-likeness (QED) is 0.783. The summed E-state index contributed by atoms with van der Waals surface area (Å²) in [7, 11) is 0. The summed E-state index contributed by atoms with van der Waals surface area (Å²) < 4.78 is 2.25. The van der Waals surface area contributed by atoms with Gasteiger partial charge in [-0.25, -0.2) is 4.98 Å². The van der Waals surface area contributed by atoms with Gasteiger partial charge in [0.15, 0.2) is 0 Å². The van der Waals surface area contributed by atoms with Gasteiger partial charge in [-0.15, -0.1) is 11.6 Å². The minimum absolute atomic E-state index is 0.564. The first kappa shape index (κ1) is 12.5. The Morgan fingerprint density at radius 1 is 1.42 bits per heavy atom. The van der Waals surface area contributed by atoms with Crippen molar-refractivity contribution in [3.8, 4) is 6.07 Å². The van der Waals surface area contributed by atoms with Crippen molar-refractivity contribution in [2.45, 2.75) is 32.2 Å². The Kier molecular flexibility index (Phi) is 3.44. The molecule has 1 aromatic carbocycles. The highest BCUT2D eigenvalue weighted by Crippen LogP contribution is 2.33. The second-order valence-electron chi connectivity index (χ2n) is 5.14. The number of nitriles is 1. The minimum atomic E-state index is 0.564. The Balaban J connectivity index is 2.04. The first-order valence-electron chi connectivity index (χ1n) is 6.77. The average molecular weight is 274 g/mol. The van der Waals surface area contributed by atoms with Crippen LogP contribution in [0, 0.1) is 17.2 Å². The molecule has 0 saturated heterocycles. The lowest BCUT2D eigenvalue weighted by Gasteiger charge is -2.07. The van der Waals surface area contributed by atoms with Gasteiger partial charge in [-0.05, 0) is 24.5 Å². The lowest BCUT2D eigenvalue weighted by Crippen LogP contribution is -2.05. The maximum Gasteiger partial charge on any atom is 0.111 e. The molecule has 0 amide bonds. The molecule has 1 aliphatic rings. The second kappa shape index (κ2) is 5.22. The number of nitrogens with zero attached hydrogens (tertiary/aromatic N) is 3. The third kappa shape index (κ3) is 2.46. The van der Waals surface area contributed by atoms with Crippen LogP contribution in [0.5, 0.6) is 0 Å². The van der Waals surface area contributed by atoms with Crippen LogP contribution in [0.15, 0.2) is 18.2 Å². The molecule has 4 heteroatoms.